The molecular weight excluding hydrogens is 269 g/mol. The fourth-order valence-electron chi connectivity index (χ4n) is 2.90. The quantitative estimate of drug-likeness (QED) is 0.872. The van der Waals surface area contributed by atoms with Crippen molar-refractivity contribution in [1.29, 1.82) is 0 Å². The number of rotatable bonds is 6. The molecule has 0 radical (unpaired) electrons. The van der Waals surface area contributed by atoms with Gasteiger partial charge in [0, 0.05) is 26.1 Å². The van der Waals surface area contributed by atoms with Gasteiger partial charge in [0.1, 0.15) is 6.10 Å². The van der Waals surface area contributed by atoms with E-state index < -0.39 is 0 Å². The van der Waals surface area contributed by atoms with E-state index in [1.54, 1.807) is 19.2 Å². The smallest absolute Gasteiger partial charge is 0.165 e. The van der Waals surface area contributed by atoms with E-state index in [1.807, 2.05) is 6.07 Å². The molecule has 2 saturated carbocycles. The van der Waals surface area contributed by atoms with Crippen molar-refractivity contribution in [2.45, 2.75) is 63.3 Å². The zero-order valence-electron chi connectivity index (χ0n) is 12.6. The van der Waals surface area contributed by atoms with E-state index >= 15 is 0 Å². The van der Waals surface area contributed by atoms with E-state index in [0.717, 1.165) is 37.8 Å². The Bertz CT molecular complexity index is 476. The monoisotopic (exact) mass is 293 g/mol. The molecule has 3 nitrogen and oxygen atoms in total. The lowest BCUT2D eigenvalue weighted by Gasteiger charge is -2.28. The number of hydrogen-bond acceptors (Lipinski definition) is 3. The first-order valence-corrected chi connectivity index (χ1v) is 7.96. The molecule has 2 fully saturated rings. The number of nitrogens with one attached hydrogen (secondary N) is 1. The fourth-order valence-corrected chi connectivity index (χ4v) is 2.90. The van der Waals surface area contributed by atoms with Crippen LogP contribution in [0, 0.1) is 5.82 Å². The van der Waals surface area contributed by atoms with Gasteiger partial charge in [-0.3, -0.25) is 0 Å². The summed E-state index contributed by atoms with van der Waals surface area (Å²) in [7, 11) is 1.73. The second-order valence-corrected chi connectivity index (χ2v) is 6.18. The highest BCUT2D eigenvalue weighted by atomic mass is 19.1. The maximum Gasteiger partial charge on any atom is 0.165 e. The summed E-state index contributed by atoms with van der Waals surface area (Å²) in [6.45, 7) is 0.733. The summed E-state index contributed by atoms with van der Waals surface area (Å²) >= 11 is 0. The molecule has 0 aromatic heterocycles. The van der Waals surface area contributed by atoms with Crippen LogP contribution in [-0.4, -0.2) is 25.4 Å². The average molecular weight is 293 g/mol. The Hall–Kier alpha value is -1.13. The molecule has 1 N–H and O–H groups in total. The molecule has 2 atom stereocenters. The molecule has 0 aliphatic heterocycles. The van der Waals surface area contributed by atoms with E-state index in [4.69, 9.17) is 9.47 Å². The molecular formula is C17H24FNO2. The SMILES string of the molecule is COC1CCCC(Oc2ccc(CNC3CC3)cc2F)C1. The van der Waals surface area contributed by atoms with Gasteiger partial charge in [0.2, 0.25) is 0 Å². The third-order valence-corrected chi connectivity index (χ3v) is 4.37. The van der Waals surface area contributed by atoms with Gasteiger partial charge in [-0.15, -0.1) is 0 Å². The zero-order chi connectivity index (χ0) is 14.7. The van der Waals surface area contributed by atoms with Crippen LogP contribution in [0.5, 0.6) is 5.75 Å². The van der Waals surface area contributed by atoms with Crippen LogP contribution >= 0.6 is 0 Å². The Morgan fingerprint density at radius 2 is 2.00 bits per heavy atom. The van der Waals surface area contributed by atoms with Gasteiger partial charge in [0.05, 0.1) is 6.10 Å². The van der Waals surface area contributed by atoms with Crippen LogP contribution in [0.1, 0.15) is 44.1 Å². The lowest BCUT2D eigenvalue weighted by molar-refractivity contribution is 0.0197. The molecule has 21 heavy (non-hydrogen) atoms. The second-order valence-electron chi connectivity index (χ2n) is 6.18. The summed E-state index contributed by atoms with van der Waals surface area (Å²) in [4.78, 5) is 0. The van der Waals surface area contributed by atoms with Crippen LogP contribution in [0.3, 0.4) is 0 Å². The molecule has 3 rings (SSSR count). The van der Waals surface area contributed by atoms with Gasteiger partial charge in [0.15, 0.2) is 11.6 Å². The molecule has 2 aliphatic rings. The number of methoxy groups -OCH3 is 1. The Labute approximate surface area is 125 Å². The summed E-state index contributed by atoms with van der Waals surface area (Å²) in [6, 6.07) is 5.93. The standard InChI is InChI=1S/C17H24FNO2/c1-20-14-3-2-4-15(10-14)21-17-8-5-12(9-16(17)18)11-19-13-6-7-13/h5,8-9,13-15,19H,2-4,6-7,10-11H2,1H3. The van der Waals surface area contributed by atoms with Gasteiger partial charge < -0.3 is 14.8 Å². The largest absolute Gasteiger partial charge is 0.487 e. The molecule has 0 spiro atoms. The van der Waals surface area contributed by atoms with Crippen LogP contribution in [0.2, 0.25) is 0 Å². The van der Waals surface area contributed by atoms with Crippen molar-refractivity contribution in [1.82, 2.24) is 5.32 Å². The van der Waals surface area contributed by atoms with Crippen LogP contribution in [-0.2, 0) is 11.3 Å². The van der Waals surface area contributed by atoms with Gasteiger partial charge in [-0.25, -0.2) is 4.39 Å². The van der Waals surface area contributed by atoms with Gasteiger partial charge in [-0.2, -0.15) is 0 Å². The highest BCUT2D eigenvalue weighted by molar-refractivity contribution is 5.29. The Balaban J connectivity index is 1.56. The minimum atomic E-state index is -0.260. The molecule has 0 amide bonds. The summed E-state index contributed by atoms with van der Waals surface area (Å²) in [5.41, 5.74) is 0.977. The first-order chi connectivity index (χ1) is 10.2. The summed E-state index contributed by atoms with van der Waals surface area (Å²) in [5, 5.41) is 3.39. The number of hydrogen-bond donors (Lipinski definition) is 1. The second kappa shape index (κ2) is 6.75. The lowest BCUT2D eigenvalue weighted by Crippen LogP contribution is -2.29. The molecule has 2 unspecified atom stereocenters. The van der Waals surface area contributed by atoms with Crippen molar-refractivity contribution in [3.8, 4) is 5.75 Å². The maximum atomic E-state index is 14.1. The molecule has 0 bridgehead atoms. The Kier molecular flexibility index (Phi) is 4.76. The van der Waals surface area contributed by atoms with Crippen molar-refractivity contribution in [2.24, 2.45) is 0 Å². The van der Waals surface area contributed by atoms with E-state index in [2.05, 4.69) is 5.32 Å². The predicted octanol–water partition coefficient (Wildman–Crippen LogP) is 3.41. The molecule has 0 heterocycles. The molecule has 2 aliphatic carbocycles. The highest BCUT2D eigenvalue weighted by Crippen LogP contribution is 2.27. The first-order valence-electron chi connectivity index (χ1n) is 7.96. The number of halogens is 1. The van der Waals surface area contributed by atoms with E-state index in [1.165, 1.54) is 12.8 Å². The summed E-state index contributed by atoms with van der Waals surface area (Å²) < 4.78 is 25.4. The summed E-state index contributed by atoms with van der Waals surface area (Å²) in [5.74, 6) is 0.108. The van der Waals surface area contributed by atoms with Gasteiger partial charge in [-0.05, 0) is 49.8 Å². The third kappa shape index (κ3) is 4.17. The Morgan fingerprint density at radius 1 is 1.19 bits per heavy atom. The molecule has 1 aromatic rings. The summed E-state index contributed by atoms with van der Waals surface area (Å²) in [6.07, 6.45) is 6.77. The maximum absolute atomic E-state index is 14.1. The minimum absolute atomic E-state index is 0.0636. The normalized spacial score (nSPS) is 25.8. The minimum Gasteiger partial charge on any atom is -0.487 e. The number of ether oxygens (including phenoxy) is 2. The van der Waals surface area contributed by atoms with Crippen molar-refractivity contribution in [3.63, 3.8) is 0 Å². The van der Waals surface area contributed by atoms with E-state index in [9.17, 15) is 4.39 Å². The first kappa shape index (κ1) is 14.8. The fraction of sp³-hybridized carbons (Fsp3) is 0.647. The molecule has 4 heteroatoms. The molecule has 116 valence electrons. The molecule has 0 saturated heterocycles. The van der Waals surface area contributed by atoms with Crippen LogP contribution in [0.25, 0.3) is 0 Å². The van der Waals surface area contributed by atoms with Crippen molar-refractivity contribution < 1.29 is 13.9 Å². The van der Waals surface area contributed by atoms with Crippen LogP contribution in [0.15, 0.2) is 18.2 Å². The highest BCUT2D eigenvalue weighted by Gasteiger charge is 2.24. The van der Waals surface area contributed by atoms with E-state index in [-0.39, 0.29) is 18.0 Å². The van der Waals surface area contributed by atoms with Crippen molar-refractivity contribution in [3.05, 3.63) is 29.6 Å². The van der Waals surface area contributed by atoms with Crippen molar-refractivity contribution in [2.75, 3.05) is 7.11 Å². The predicted molar refractivity (Wildman–Crippen MR) is 79.9 cm³/mol. The van der Waals surface area contributed by atoms with Gasteiger partial charge >= 0.3 is 0 Å². The number of benzene rings is 1. The zero-order valence-corrected chi connectivity index (χ0v) is 12.6. The van der Waals surface area contributed by atoms with Crippen LogP contribution < -0.4 is 10.1 Å². The van der Waals surface area contributed by atoms with Crippen LogP contribution in [0.4, 0.5) is 4.39 Å². The van der Waals surface area contributed by atoms with Gasteiger partial charge in [0.25, 0.3) is 0 Å². The lowest BCUT2D eigenvalue weighted by atomic mass is 9.95. The van der Waals surface area contributed by atoms with Gasteiger partial charge in [-0.1, -0.05) is 6.07 Å². The van der Waals surface area contributed by atoms with Crippen molar-refractivity contribution >= 4 is 0 Å². The van der Waals surface area contributed by atoms with E-state index in [0.29, 0.717) is 11.8 Å². The third-order valence-electron chi connectivity index (χ3n) is 4.37. The molecule has 1 aromatic carbocycles. The average Bonchev–Trinajstić information content (AvgIpc) is 3.32. The topological polar surface area (TPSA) is 30.5 Å². The Morgan fingerprint density at radius 3 is 2.71 bits per heavy atom.